The van der Waals surface area contributed by atoms with E-state index in [0.29, 0.717) is 36.1 Å². The van der Waals surface area contributed by atoms with Crippen molar-refractivity contribution in [1.29, 1.82) is 0 Å². The minimum Gasteiger partial charge on any atom is -0.489 e. The van der Waals surface area contributed by atoms with Crippen LogP contribution in [-0.2, 0) is 4.74 Å². The third kappa shape index (κ3) is 6.38. The summed E-state index contributed by atoms with van der Waals surface area (Å²) in [7, 11) is 0. The van der Waals surface area contributed by atoms with E-state index in [2.05, 4.69) is 4.74 Å². The summed E-state index contributed by atoms with van der Waals surface area (Å²) in [5.74, 6) is -0.541. The molecule has 0 atom stereocenters. The van der Waals surface area contributed by atoms with Crippen molar-refractivity contribution in [2.24, 2.45) is 5.92 Å². The molecule has 2 aromatic rings. The molecule has 2 aromatic carbocycles. The van der Waals surface area contributed by atoms with Crippen LogP contribution in [0.5, 0.6) is 11.5 Å². The number of alkyl halides is 3. The van der Waals surface area contributed by atoms with Crippen molar-refractivity contribution in [2.75, 3.05) is 19.7 Å². The maximum atomic E-state index is 12.9. The fourth-order valence-electron chi connectivity index (χ4n) is 3.12. The highest BCUT2D eigenvalue weighted by Crippen LogP contribution is 2.37. The smallest absolute Gasteiger partial charge is 0.489 e. The Morgan fingerprint density at radius 3 is 2.22 bits per heavy atom. The van der Waals surface area contributed by atoms with E-state index in [0.717, 1.165) is 0 Å². The summed E-state index contributed by atoms with van der Waals surface area (Å²) in [6, 6.07) is 10.7. The molecule has 1 aliphatic heterocycles. The van der Waals surface area contributed by atoms with Gasteiger partial charge in [-0.2, -0.15) is 0 Å². The number of hydrogen-bond donors (Lipinski definition) is 0. The van der Waals surface area contributed by atoms with Gasteiger partial charge >= 0.3 is 12.5 Å². The molecule has 1 amide bonds. The predicted octanol–water partition coefficient (Wildman–Crippen LogP) is 5.31. The van der Waals surface area contributed by atoms with Crippen LogP contribution in [0.15, 0.2) is 42.5 Å². The first-order valence-electron chi connectivity index (χ1n) is 9.99. The van der Waals surface area contributed by atoms with Crippen molar-refractivity contribution < 1.29 is 37.0 Å². The zero-order valence-corrected chi connectivity index (χ0v) is 17.9. The van der Waals surface area contributed by atoms with Crippen LogP contribution in [0, 0.1) is 5.92 Å². The largest absolute Gasteiger partial charge is 0.573 e. The third-order valence-corrected chi connectivity index (χ3v) is 4.63. The molecule has 32 heavy (non-hydrogen) atoms. The van der Waals surface area contributed by atoms with E-state index < -0.39 is 23.8 Å². The summed E-state index contributed by atoms with van der Waals surface area (Å²) in [6.07, 6.45) is -4.63. The number of hydrogen-bond acceptors (Lipinski definition) is 5. The molecular weight excluding hydrogens is 427 g/mol. The highest BCUT2D eigenvalue weighted by Gasteiger charge is 2.35. The second kappa shape index (κ2) is 9.10. The van der Waals surface area contributed by atoms with E-state index in [1.165, 1.54) is 17.0 Å². The van der Waals surface area contributed by atoms with Crippen LogP contribution in [-0.4, -0.2) is 48.9 Å². The number of amides is 1. The standard InChI is InChI=1S/C23H24F3NO5/c1-22(2,3)32-21(29)27-11-16(12-27)14-30-19-9-8-18(10-20(19)31-23(24,25)26)17-6-4-15(13-28)5-7-17/h4-10,13,16H,11-12,14H2,1-3H3. The molecule has 1 saturated heterocycles. The average Bonchev–Trinajstić information content (AvgIpc) is 2.65. The van der Waals surface area contributed by atoms with Crippen molar-refractivity contribution in [3.8, 4) is 22.6 Å². The molecule has 0 saturated carbocycles. The first-order chi connectivity index (χ1) is 14.9. The van der Waals surface area contributed by atoms with E-state index >= 15 is 0 Å². The Morgan fingerprint density at radius 1 is 1.03 bits per heavy atom. The Hall–Kier alpha value is -3.23. The van der Waals surface area contributed by atoms with Gasteiger partial charge in [0.25, 0.3) is 0 Å². The quantitative estimate of drug-likeness (QED) is 0.557. The lowest BCUT2D eigenvalue weighted by Crippen LogP contribution is -2.53. The highest BCUT2D eigenvalue weighted by molar-refractivity contribution is 5.77. The van der Waals surface area contributed by atoms with Crippen LogP contribution < -0.4 is 9.47 Å². The maximum Gasteiger partial charge on any atom is 0.573 e. The molecule has 0 bridgehead atoms. The first-order valence-corrected chi connectivity index (χ1v) is 9.99. The molecule has 0 unspecified atom stereocenters. The van der Waals surface area contributed by atoms with E-state index in [1.807, 2.05) is 0 Å². The molecule has 3 rings (SSSR count). The molecule has 172 valence electrons. The average molecular weight is 451 g/mol. The number of carbonyl (C=O) groups excluding carboxylic acids is 2. The SMILES string of the molecule is CC(C)(C)OC(=O)N1CC(COc2ccc(-c3ccc(C=O)cc3)cc2OC(F)(F)F)C1. The predicted molar refractivity (Wildman–Crippen MR) is 111 cm³/mol. The van der Waals surface area contributed by atoms with Crippen molar-refractivity contribution in [2.45, 2.75) is 32.7 Å². The minimum absolute atomic E-state index is 0.0307. The normalized spacial score (nSPS) is 14.5. The molecule has 1 aliphatic rings. The Bertz CT molecular complexity index is 961. The Balaban J connectivity index is 1.67. The lowest BCUT2D eigenvalue weighted by Gasteiger charge is -2.39. The number of aldehydes is 1. The fraction of sp³-hybridized carbons (Fsp3) is 0.391. The topological polar surface area (TPSA) is 65.1 Å². The third-order valence-electron chi connectivity index (χ3n) is 4.63. The number of likely N-dealkylation sites (tertiary alicyclic amines) is 1. The molecule has 0 radical (unpaired) electrons. The van der Waals surface area contributed by atoms with Gasteiger partial charge in [0.1, 0.15) is 11.9 Å². The maximum absolute atomic E-state index is 12.9. The summed E-state index contributed by atoms with van der Waals surface area (Å²) >= 11 is 0. The Kier molecular flexibility index (Phi) is 6.66. The van der Waals surface area contributed by atoms with Crippen LogP contribution in [0.2, 0.25) is 0 Å². The molecular formula is C23H24F3NO5. The van der Waals surface area contributed by atoms with Crippen LogP contribution in [0.4, 0.5) is 18.0 Å². The molecule has 1 heterocycles. The van der Waals surface area contributed by atoms with Crippen molar-refractivity contribution in [3.05, 3.63) is 48.0 Å². The van der Waals surface area contributed by atoms with Crippen LogP contribution in [0.3, 0.4) is 0 Å². The monoisotopic (exact) mass is 451 g/mol. The molecule has 0 N–H and O–H groups in total. The lowest BCUT2D eigenvalue weighted by atomic mass is 10.0. The highest BCUT2D eigenvalue weighted by atomic mass is 19.4. The Labute approximate surface area is 183 Å². The van der Waals surface area contributed by atoms with Gasteiger partial charge in [-0.15, -0.1) is 13.2 Å². The van der Waals surface area contributed by atoms with E-state index in [1.54, 1.807) is 51.1 Å². The number of carbonyl (C=O) groups is 2. The number of rotatable bonds is 6. The molecule has 9 heteroatoms. The van der Waals surface area contributed by atoms with Gasteiger partial charge in [0.2, 0.25) is 0 Å². The second-order valence-corrected chi connectivity index (χ2v) is 8.51. The summed E-state index contributed by atoms with van der Waals surface area (Å²) < 4.78 is 53.8. The number of ether oxygens (including phenoxy) is 3. The number of halogens is 3. The molecule has 0 aliphatic carbocycles. The van der Waals surface area contributed by atoms with Gasteiger partial charge in [-0.3, -0.25) is 4.79 Å². The van der Waals surface area contributed by atoms with Gasteiger partial charge < -0.3 is 19.1 Å². The van der Waals surface area contributed by atoms with Crippen LogP contribution in [0.25, 0.3) is 11.1 Å². The van der Waals surface area contributed by atoms with E-state index in [4.69, 9.17) is 9.47 Å². The van der Waals surface area contributed by atoms with Crippen molar-refractivity contribution in [1.82, 2.24) is 4.90 Å². The van der Waals surface area contributed by atoms with Gasteiger partial charge in [0.15, 0.2) is 11.5 Å². The summed E-state index contributed by atoms with van der Waals surface area (Å²) in [5.41, 5.74) is 0.967. The second-order valence-electron chi connectivity index (χ2n) is 8.51. The van der Waals surface area contributed by atoms with Gasteiger partial charge in [-0.1, -0.05) is 30.3 Å². The number of benzene rings is 2. The lowest BCUT2D eigenvalue weighted by molar-refractivity contribution is -0.275. The van der Waals surface area contributed by atoms with Gasteiger partial charge in [-0.25, -0.2) is 4.79 Å². The Morgan fingerprint density at radius 2 is 1.66 bits per heavy atom. The van der Waals surface area contributed by atoms with Gasteiger partial charge in [0.05, 0.1) is 6.61 Å². The molecule has 1 fully saturated rings. The van der Waals surface area contributed by atoms with Crippen LogP contribution in [0.1, 0.15) is 31.1 Å². The van der Waals surface area contributed by atoms with Crippen LogP contribution >= 0.6 is 0 Å². The van der Waals surface area contributed by atoms with E-state index in [9.17, 15) is 22.8 Å². The van der Waals surface area contributed by atoms with Crippen molar-refractivity contribution in [3.63, 3.8) is 0 Å². The van der Waals surface area contributed by atoms with Gasteiger partial charge in [-0.05, 0) is 44.0 Å². The molecule has 0 spiro atoms. The summed E-state index contributed by atoms with van der Waals surface area (Å²) in [4.78, 5) is 24.3. The molecule has 0 aromatic heterocycles. The van der Waals surface area contributed by atoms with E-state index in [-0.39, 0.29) is 18.3 Å². The first kappa shape index (κ1) is 23.4. The van der Waals surface area contributed by atoms with Gasteiger partial charge in [0, 0.05) is 24.6 Å². The van der Waals surface area contributed by atoms with Crippen molar-refractivity contribution >= 4 is 12.4 Å². The summed E-state index contributed by atoms with van der Waals surface area (Å²) in [6.45, 7) is 6.23. The number of nitrogens with zero attached hydrogens (tertiary/aromatic N) is 1. The zero-order chi connectivity index (χ0) is 23.5. The zero-order valence-electron chi connectivity index (χ0n) is 17.9. The minimum atomic E-state index is -4.89. The fourth-order valence-corrected chi connectivity index (χ4v) is 3.12. The summed E-state index contributed by atoms with van der Waals surface area (Å²) in [5, 5.41) is 0. The molecule has 6 nitrogen and oxygen atoms in total.